The number of likely N-dealkylation sites (tertiary alicyclic amines) is 1. The van der Waals surface area contributed by atoms with Crippen LogP contribution in [0.5, 0.6) is 0 Å². The van der Waals surface area contributed by atoms with Crippen molar-refractivity contribution in [2.75, 3.05) is 13.1 Å². The van der Waals surface area contributed by atoms with Crippen molar-refractivity contribution >= 4 is 5.91 Å². The number of benzene rings is 1. The van der Waals surface area contributed by atoms with Crippen molar-refractivity contribution in [3.8, 4) is 0 Å². The molecule has 2 saturated heterocycles. The van der Waals surface area contributed by atoms with E-state index < -0.39 is 0 Å². The number of rotatable bonds is 4. The van der Waals surface area contributed by atoms with Gasteiger partial charge in [-0.25, -0.2) is 0 Å². The molecule has 0 spiro atoms. The van der Waals surface area contributed by atoms with Crippen LogP contribution in [0.3, 0.4) is 0 Å². The van der Waals surface area contributed by atoms with Gasteiger partial charge in [-0.05, 0) is 44.2 Å². The zero-order chi connectivity index (χ0) is 18.8. The van der Waals surface area contributed by atoms with Crippen molar-refractivity contribution in [3.05, 3.63) is 52.9 Å². The number of hydrazine groups is 1. The summed E-state index contributed by atoms with van der Waals surface area (Å²) in [5, 5.41) is 4.05. The van der Waals surface area contributed by atoms with E-state index in [-0.39, 0.29) is 23.9 Å². The van der Waals surface area contributed by atoms with Gasteiger partial charge in [-0.15, -0.1) is 0 Å². The number of carbonyl (C=O) groups excluding carboxylic acids is 1. The molecule has 2 aromatic rings. The molecule has 6 nitrogen and oxygen atoms in total. The van der Waals surface area contributed by atoms with Gasteiger partial charge >= 0.3 is 0 Å². The van der Waals surface area contributed by atoms with E-state index in [4.69, 9.17) is 4.52 Å². The molecule has 0 radical (unpaired) electrons. The van der Waals surface area contributed by atoms with E-state index in [9.17, 15) is 4.79 Å². The van der Waals surface area contributed by atoms with E-state index in [1.165, 1.54) is 5.56 Å². The van der Waals surface area contributed by atoms with Crippen molar-refractivity contribution in [3.63, 3.8) is 0 Å². The number of aryl methyl sites for hydroxylation is 2. The molecule has 1 aromatic heterocycles. The third-order valence-corrected chi connectivity index (χ3v) is 5.92. The monoisotopic (exact) mass is 368 g/mol. The van der Waals surface area contributed by atoms with Gasteiger partial charge < -0.3 is 9.42 Å². The summed E-state index contributed by atoms with van der Waals surface area (Å²) < 4.78 is 5.54. The zero-order valence-corrected chi connectivity index (χ0v) is 16.1. The molecule has 6 heteroatoms. The number of piperidine rings is 1. The van der Waals surface area contributed by atoms with Crippen LogP contribution in [-0.4, -0.2) is 41.1 Å². The quantitative estimate of drug-likeness (QED) is 0.868. The predicted octanol–water partition coefficient (Wildman–Crippen LogP) is 2.48. The van der Waals surface area contributed by atoms with Gasteiger partial charge in [0.15, 0.2) is 0 Å². The first kappa shape index (κ1) is 18.2. The van der Waals surface area contributed by atoms with E-state index in [1.807, 2.05) is 25.1 Å². The van der Waals surface area contributed by atoms with Crippen LogP contribution in [0.15, 0.2) is 34.9 Å². The molecular formula is C21H28N4O2. The second-order valence-electron chi connectivity index (χ2n) is 7.78. The highest BCUT2D eigenvalue weighted by Gasteiger charge is 2.41. The minimum atomic E-state index is 0.137. The fourth-order valence-corrected chi connectivity index (χ4v) is 4.43. The van der Waals surface area contributed by atoms with Crippen molar-refractivity contribution in [2.24, 2.45) is 0 Å². The zero-order valence-electron chi connectivity index (χ0n) is 16.1. The first-order valence-electron chi connectivity index (χ1n) is 9.89. The van der Waals surface area contributed by atoms with Gasteiger partial charge in [0.25, 0.3) is 0 Å². The summed E-state index contributed by atoms with van der Waals surface area (Å²) in [5.41, 5.74) is 9.87. The normalized spacial score (nSPS) is 25.7. The van der Waals surface area contributed by atoms with Crippen LogP contribution in [0.2, 0.25) is 0 Å². The average molecular weight is 368 g/mol. The molecule has 3 heterocycles. The van der Waals surface area contributed by atoms with E-state index in [0.29, 0.717) is 6.42 Å². The molecule has 2 N–H and O–H groups in total. The van der Waals surface area contributed by atoms with Crippen LogP contribution < -0.4 is 10.9 Å². The highest BCUT2D eigenvalue weighted by Crippen LogP contribution is 2.31. The molecule has 2 aliphatic heterocycles. The van der Waals surface area contributed by atoms with Gasteiger partial charge in [-0.2, -0.15) is 0 Å². The van der Waals surface area contributed by atoms with Crippen LogP contribution in [0.4, 0.5) is 0 Å². The maximum Gasteiger partial charge on any atom is 0.227 e. The first-order chi connectivity index (χ1) is 13.1. The summed E-state index contributed by atoms with van der Waals surface area (Å²) in [7, 11) is 0. The highest BCUT2D eigenvalue weighted by molar-refractivity contribution is 5.79. The van der Waals surface area contributed by atoms with Crippen molar-refractivity contribution in [1.82, 2.24) is 20.9 Å². The molecule has 1 amide bonds. The minimum Gasteiger partial charge on any atom is -0.361 e. The summed E-state index contributed by atoms with van der Waals surface area (Å²) in [6, 6.07) is 10.5. The van der Waals surface area contributed by atoms with E-state index >= 15 is 0 Å². The smallest absolute Gasteiger partial charge is 0.227 e. The van der Waals surface area contributed by atoms with Crippen molar-refractivity contribution < 1.29 is 9.32 Å². The molecule has 3 unspecified atom stereocenters. The lowest BCUT2D eigenvalue weighted by Gasteiger charge is -2.40. The minimum absolute atomic E-state index is 0.137. The van der Waals surface area contributed by atoms with Crippen LogP contribution >= 0.6 is 0 Å². The van der Waals surface area contributed by atoms with E-state index in [1.54, 1.807) is 0 Å². The standard InChI is InChI=1S/C21H28N4O2/c1-14-7-3-4-8-16(14)12-20(26)25-10-6-5-9-18(25)21-17(13-22-23-21)19-11-15(2)24-27-19/h3-4,7-8,11,17-18,21-23H,5-6,9-10,12-13H2,1-2H3. The van der Waals surface area contributed by atoms with E-state index in [2.05, 4.69) is 40.0 Å². The Morgan fingerprint density at radius 3 is 2.93 bits per heavy atom. The lowest BCUT2D eigenvalue weighted by Crippen LogP contribution is -2.55. The Labute approximate surface area is 160 Å². The molecule has 4 rings (SSSR count). The van der Waals surface area contributed by atoms with Gasteiger partial charge in [0, 0.05) is 25.2 Å². The highest BCUT2D eigenvalue weighted by atomic mass is 16.5. The van der Waals surface area contributed by atoms with Crippen LogP contribution in [0.25, 0.3) is 0 Å². The Kier molecular flexibility index (Phi) is 5.27. The molecule has 144 valence electrons. The van der Waals surface area contributed by atoms with Crippen molar-refractivity contribution in [2.45, 2.75) is 57.5 Å². The summed E-state index contributed by atoms with van der Waals surface area (Å²) in [4.78, 5) is 15.3. The van der Waals surface area contributed by atoms with Gasteiger partial charge in [-0.3, -0.25) is 15.6 Å². The fourth-order valence-electron chi connectivity index (χ4n) is 4.43. The van der Waals surface area contributed by atoms with Crippen molar-refractivity contribution in [1.29, 1.82) is 0 Å². The average Bonchev–Trinajstić information content (AvgIpc) is 3.32. The second-order valence-corrected chi connectivity index (χ2v) is 7.78. The summed E-state index contributed by atoms with van der Waals surface area (Å²) in [5.74, 6) is 1.30. The number of hydrogen-bond donors (Lipinski definition) is 2. The maximum atomic E-state index is 13.2. The number of carbonyl (C=O) groups is 1. The Hall–Kier alpha value is -2.18. The predicted molar refractivity (Wildman–Crippen MR) is 103 cm³/mol. The summed E-state index contributed by atoms with van der Waals surface area (Å²) >= 11 is 0. The van der Waals surface area contributed by atoms with Gasteiger partial charge in [0.2, 0.25) is 5.91 Å². The Balaban J connectivity index is 1.53. The topological polar surface area (TPSA) is 70.4 Å². The van der Waals surface area contributed by atoms with Gasteiger partial charge in [0.1, 0.15) is 5.76 Å². The third-order valence-electron chi connectivity index (χ3n) is 5.92. The van der Waals surface area contributed by atoms with Crippen LogP contribution in [0.1, 0.15) is 47.8 Å². The first-order valence-corrected chi connectivity index (χ1v) is 9.89. The number of nitrogens with one attached hydrogen (secondary N) is 2. The summed E-state index contributed by atoms with van der Waals surface area (Å²) in [6.45, 7) is 5.63. The number of hydrogen-bond acceptors (Lipinski definition) is 5. The Morgan fingerprint density at radius 2 is 2.15 bits per heavy atom. The van der Waals surface area contributed by atoms with E-state index in [0.717, 1.165) is 49.4 Å². The number of amides is 1. The SMILES string of the molecule is Cc1cc(C2CNNC2C2CCCCN2C(=O)Cc2ccccc2C)on1. The van der Waals surface area contributed by atoms with Gasteiger partial charge in [0.05, 0.1) is 24.1 Å². The van der Waals surface area contributed by atoms with Gasteiger partial charge in [-0.1, -0.05) is 29.4 Å². The molecule has 0 aliphatic carbocycles. The largest absolute Gasteiger partial charge is 0.361 e. The molecule has 2 fully saturated rings. The molecule has 3 atom stereocenters. The molecule has 0 saturated carbocycles. The lowest BCUT2D eigenvalue weighted by molar-refractivity contribution is -0.135. The molecule has 2 aliphatic rings. The Morgan fingerprint density at radius 1 is 1.30 bits per heavy atom. The molecular weight excluding hydrogens is 340 g/mol. The molecule has 1 aromatic carbocycles. The molecule has 27 heavy (non-hydrogen) atoms. The number of nitrogens with zero attached hydrogens (tertiary/aromatic N) is 2. The summed E-state index contributed by atoms with van der Waals surface area (Å²) in [6.07, 6.45) is 3.71. The lowest BCUT2D eigenvalue weighted by atomic mass is 9.86. The Bertz CT molecular complexity index is 803. The molecule has 0 bridgehead atoms. The fraction of sp³-hybridized carbons (Fsp3) is 0.524. The second kappa shape index (κ2) is 7.82. The van der Waals surface area contributed by atoms with Crippen LogP contribution in [-0.2, 0) is 11.2 Å². The number of aromatic nitrogens is 1. The maximum absolute atomic E-state index is 13.2. The third kappa shape index (κ3) is 3.77. The van der Waals surface area contributed by atoms with Crippen LogP contribution in [0, 0.1) is 13.8 Å².